The third-order valence-corrected chi connectivity index (χ3v) is 6.66. The van der Waals surface area contributed by atoms with Gasteiger partial charge in [0.15, 0.2) is 5.96 Å². The van der Waals surface area contributed by atoms with Gasteiger partial charge in [-0.05, 0) is 30.9 Å². The van der Waals surface area contributed by atoms with E-state index in [-0.39, 0.29) is 30.5 Å². The Morgan fingerprint density at radius 3 is 2.56 bits per heavy atom. The molecule has 0 saturated carbocycles. The van der Waals surface area contributed by atoms with Crippen LogP contribution in [0.4, 0.5) is 0 Å². The molecule has 8 heteroatoms. The van der Waals surface area contributed by atoms with Gasteiger partial charge in [0.2, 0.25) is 10.0 Å². The lowest BCUT2D eigenvalue weighted by Gasteiger charge is -2.26. The van der Waals surface area contributed by atoms with Crippen LogP contribution in [0.15, 0.2) is 34.2 Å². The number of benzene rings is 1. The summed E-state index contributed by atoms with van der Waals surface area (Å²) in [5, 5.41) is 3.10. The van der Waals surface area contributed by atoms with Gasteiger partial charge in [-0.1, -0.05) is 50.8 Å². The fourth-order valence-corrected chi connectivity index (χ4v) is 4.86. The Hall–Kier alpha value is -0.870. The SMILES string of the molecule is CCCCCCNC(N)=NCc1ccccc1S(=O)(=O)N1CCCCC1.I. The molecule has 1 heterocycles. The molecule has 0 amide bonds. The average molecular weight is 508 g/mol. The molecule has 27 heavy (non-hydrogen) atoms. The van der Waals surface area contributed by atoms with Crippen molar-refractivity contribution in [1.29, 1.82) is 0 Å². The van der Waals surface area contributed by atoms with E-state index in [9.17, 15) is 8.42 Å². The fraction of sp³-hybridized carbons (Fsp3) is 0.632. The highest BCUT2D eigenvalue weighted by molar-refractivity contribution is 14.0. The van der Waals surface area contributed by atoms with Crippen LogP contribution in [0, 0.1) is 0 Å². The summed E-state index contributed by atoms with van der Waals surface area (Å²) in [6, 6.07) is 7.09. The highest BCUT2D eigenvalue weighted by Crippen LogP contribution is 2.24. The first-order valence-corrected chi connectivity index (χ1v) is 11.1. The number of hydrogen-bond acceptors (Lipinski definition) is 3. The maximum Gasteiger partial charge on any atom is 0.243 e. The lowest BCUT2D eigenvalue weighted by molar-refractivity contribution is 0.346. The smallest absolute Gasteiger partial charge is 0.243 e. The second-order valence-electron chi connectivity index (χ2n) is 6.76. The molecule has 6 nitrogen and oxygen atoms in total. The molecule has 1 aromatic carbocycles. The molecule has 2 rings (SSSR count). The lowest BCUT2D eigenvalue weighted by atomic mass is 10.2. The molecule has 1 fully saturated rings. The predicted octanol–water partition coefficient (Wildman–Crippen LogP) is 3.46. The van der Waals surface area contributed by atoms with Gasteiger partial charge in [0.1, 0.15) is 0 Å². The van der Waals surface area contributed by atoms with Crippen LogP contribution < -0.4 is 11.1 Å². The molecule has 0 bridgehead atoms. The van der Waals surface area contributed by atoms with E-state index in [0.717, 1.165) is 32.2 Å². The number of guanidine groups is 1. The first-order chi connectivity index (χ1) is 12.6. The van der Waals surface area contributed by atoms with Gasteiger partial charge in [-0.2, -0.15) is 4.31 Å². The highest BCUT2D eigenvalue weighted by Gasteiger charge is 2.27. The van der Waals surface area contributed by atoms with E-state index in [1.165, 1.54) is 19.3 Å². The van der Waals surface area contributed by atoms with E-state index >= 15 is 0 Å². The molecule has 1 saturated heterocycles. The molecule has 1 aliphatic heterocycles. The van der Waals surface area contributed by atoms with Gasteiger partial charge in [0, 0.05) is 19.6 Å². The summed E-state index contributed by atoms with van der Waals surface area (Å²) in [4.78, 5) is 4.68. The number of hydrogen-bond donors (Lipinski definition) is 2. The van der Waals surface area contributed by atoms with E-state index in [1.54, 1.807) is 16.4 Å². The number of piperidine rings is 1. The van der Waals surface area contributed by atoms with Crippen molar-refractivity contribution in [2.75, 3.05) is 19.6 Å². The van der Waals surface area contributed by atoms with Crippen molar-refractivity contribution >= 4 is 40.0 Å². The Balaban J connectivity index is 0.00000364. The zero-order valence-electron chi connectivity index (χ0n) is 16.2. The van der Waals surface area contributed by atoms with E-state index in [4.69, 9.17) is 5.73 Å². The standard InChI is InChI=1S/C19H32N4O2S.HI/c1-2-3-4-8-13-21-19(20)22-16-17-11-6-7-12-18(17)26(24,25)23-14-9-5-10-15-23;/h6-7,11-12H,2-5,8-10,13-16H2,1H3,(H3,20,21,22);1H. The maximum absolute atomic E-state index is 13.0. The summed E-state index contributed by atoms with van der Waals surface area (Å²) in [6.07, 6.45) is 7.60. The van der Waals surface area contributed by atoms with Crippen LogP contribution in [0.2, 0.25) is 0 Å². The second kappa shape index (κ2) is 12.6. The summed E-state index contributed by atoms with van der Waals surface area (Å²) in [6.45, 7) is 4.43. The Bertz CT molecular complexity index is 689. The van der Waals surface area contributed by atoms with E-state index < -0.39 is 10.0 Å². The second-order valence-corrected chi connectivity index (χ2v) is 8.67. The number of unbranched alkanes of at least 4 members (excludes halogenated alkanes) is 3. The van der Waals surface area contributed by atoms with Crippen molar-refractivity contribution in [2.45, 2.75) is 63.3 Å². The van der Waals surface area contributed by atoms with Crippen molar-refractivity contribution in [2.24, 2.45) is 10.7 Å². The van der Waals surface area contributed by atoms with Gasteiger partial charge < -0.3 is 11.1 Å². The summed E-state index contributed by atoms with van der Waals surface area (Å²) in [5.41, 5.74) is 6.61. The van der Waals surface area contributed by atoms with Gasteiger partial charge in [-0.25, -0.2) is 13.4 Å². The topological polar surface area (TPSA) is 87.8 Å². The molecule has 1 aromatic rings. The minimum atomic E-state index is -3.46. The van der Waals surface area contributed by atoms with Crippen LogP contribution in [0.3, 0.4) is 0 Å². The Labute approximate surface area is 181 Å². The average Bonchev–Trinajstić information content (AvgIpc) is 2.67. The molecular formula is C19H33IN4O2S. The number of rotatable bonds is 9. The van der Waals surface area contributed by atoms with Gasteiger partial charge in [-0.15, -0.1) is 24.0 Å². The van der Waals surface area contributed by atoms with Crippen molar-refractivity contribution in [1.82, 2.24) is 9.62 Å². The monoisotopic (exact) mass is 508 g/mol. The molecule has 154 valence electrons. The molecule has 0 aliphatic carbocycles. The summed E-state index contributed by atoms with van der Waals surface area (Å²) < 4.78 is 27.5. The number of aliphatic imine (C=N–C) groups is 1. The van der Waals surface area contributed by atoms with Gasteiger partial charge in [-0.3, -0.25) is 0 Å². The van der Waals surface area contributed by atoms with Crippen LogP contribution in [0.1, 0.15) is 57.4 Å². The van der Waals surface area contributed by atoms with Crippen molar-refractivity contribution < 1.29 is 8.42 Å². The first kappa shape index (κ1) is 24.2. The molecule has 0 atom stereocenters. The van der Waals surface area contributed by atoms with Gasteiger partial charge in [0.05, 0.1) is 11.4 Å². The number of sulfonamides is 1. The van der Waals surface area contributed by atoms with E-state index in [2.05, 4.69) is 17.2 Å². The molecular weight excluding hydrogens is 475 g/mol. The Kier molecular flexibility index (Phi) is 11.2. The van der Waals surface area contributed by atoms with Crippen LogP contribution in [-0.2, 0) is 16.6 Å². The van der Waals surface area contributed by atoms with Gasteiger partial charge in [0.25, 0.3) is 0 Å². The first-order valence-electron chi connectivity index (χ1n) is 9.67. The Morgan fingerprint density at radius 1 is 1.15 bits per heavy atom. The zero-order valence-corrected chi connectivity index (χ0v) is 19.3. The Morgan fingerprint density at radius 2 is 1.85 bits per heavy atom. The molecule has 0 aromatic heterocycles. The molecule has 1 aliphatic rings. The van der Waals surface area contributed by atoms with Crippen molar-refractivity contribution in [3.8, 4) is 0 Å². The molecule has 3 N–H and O–H groups in total. The quantitative estimate of drug-likeness (QED) is 0.232. The number of halogens is 1. The zero-order chi connectivity index (χ0) is 18.8. The largest absolute Gasteiger partial charge is 0.370 e. The normalized spacial score (nSPS) is 16.0. The number of nitrogens with one attached hydrogen (secondary N) is 1. The third-order valence-electron chi connectivity index (χ3n) is 4.66. The van der Waals surface area contributed by atoms with E-state index in [0.29, 0.717) is 29.5 Å². The van der Waals surface area contributed by atoms with Crippen LogP contribution >= 0.6 is 24.0 Å². The van der Waals surface area contributed by atoms with Gasteiger partial charge >= 0.3 is 0 Å². The molecule has 0 radical (unpaired) electrons. The van der Waals surface area contributed by atoms with Crippen LogP contribution in [0.25, 0.3) is 0 Å². The van der Waals surface area contributed by atoms with E-state index in [1.807, 2.05) is 12.1 Å². The highest BCUT2D eigenvalue weighted by atomic mass is 127. The van der Waals surface area contributed by atoms with Crippen LogP contribution in [-0.4, -0.2) is 38.3 Å². The predicted molar refractivity (Wildman–Crippen MR) is 122 cm³/mol. The van der Waals surface area contributed by atoms with Crippen molar-refractivity contribution in [3.63, 3.8) is 0 Å². The summed E-state index contributed by atoms with van der Waals surface area (Å²) >= 11 is 0. The minimum absolute atomic E-state index is 0. The van der Waals surface area contributed by atoms with Crippen LogP contribution in [0.5, 0.6) is 0 Å². The summed E-state index contributed by atoms with van der Waals surface area (Å²) in [7, 11) is -3.46. The van der Waals surface area contributed by atoms with Crippen molar-refractivity contribution in [3.05, 3.63) is 29.8 Å². The minimum Gasteiger partial charge on any atom is -0.370 e. The molecule has 0 spiro atoms. The number of nitrogens with two attached hydrogens (primary N) is 1. The lowest BCUT2D eigenvalue weighted by Crippen LogP contribution is -2.36. The number of nitrogens with zero attached hydrogens (tertiary/aromatic N) is 2. The summed E-state index contributed by atoms with van der Waals surface area (Å²) in [5.74, 6) is 0.367. The molecule has 0 unspecified atom stereocenters. The fourth-order valence-electron chi connectivity index (χ4n) is 3.12. The third kappa shape index (κ3) is 7.57. The maximum atomic E-state index is 13.0.